The minimum Gasteiger partial charge on any atom is -0.497 e. The smallest absolute Gasteiger partial charge is 0.357 e. The molecule has 3 aromatic rings. The van der Waals surface area contributed by atoms with Gasteiger partial charge in [-0.3, -0.25) is 0 Å². The van der Waals surface area contributed by atoms with Crippen LogP contribution < -0.4 is 4.74 Å². The lowest BCUT2D eigenvalue weighted by Crippen LogP contribution is -2.22. The zero-order valence-electron chi connectivity index (χ0n) is 19.6. The number of nitrogens with zero attached hydrogens (tertiary/aromatic N) is 2. The Kier molecular flexibility index (Phi) is 7.35. The molecule has 1 aromatic heterocycles. The van der Waals surface area contributed by atoms with Gasteiger partial charge in [0.15, 0.2) is 5.69 Å². The Balaban J connectivity index is 2.04. The molecule has 0 saturated carbocycles. The fourth-order valence-corrected chi connectivity index (χ4v) is 4.21. The van der Waals surface area contributed by atoms with Gasteiger partial charge in [-0.05, 0) is 55.3 Å². The summed E-state index contributed by atoms with van der Waals surface area (Å²) in [4.78, 5) is 12.8. The summed E-state index contributed by atoms with van der Waals surface area (Å²) in [7, 11) is 0.267. The topological polar surface area (TPSA) is 62.6 Å². The third-order valence-corrected chi connectivity index (χ3v) is 6.93. The first-order valence-corrected chi connectivity index (χ1v) is 14.4. The van der Waals surface area contributed by atoms with Gasteiger partial charge in [0, 0.05) is 31.7 Å². The van der Waals surface area contributed by atoms with E-state index >= 15 is 0 Å². The van der Waals surface area contributed by atoms with Gasteiger partial charge in [0.1, 0.15) is 18.3 Å². The number of carbonyl (C=O) groups is 1. The number of aromatic nitrogens is 2. The number of benzene rings is 2. The second-order valence-electron chi connectivity index (χ2n) is 8.95. The lowest BCUT2D eigenvalue weighted by Gasteiger charge is -2.15. The highest BCUT2D eigenvalue weighted by molar-refractivity contribution is 6.76. The van der Waals surface area contributed by atoms with Gasteiger partial charge in [-0.2, -0.15) is 5.10 Å². The molecule has 0 radical (unpaired) electrons. The van der Waals surface area contributed by atoms with Gasteiger partial charge in [-0.1, -0.05) is 19.6 Å². The van der Waals surface area contributed by atoms with Crippen LogP contribution in [-0.2, 0) is 16.2 Å². The van der Waals surface area contributed by atoms with Crippen molar-refractivity contribution < 1.29 is 23.4 Å². The van der Waals surface area contributed by atoms with Gasteiger partial charge in [0.2, 0.25) is 0 Å². The molecular formula is C24H31FN2O4Si. The van der Waals surface area contributed by atoms with Crippen molar-refractivity contribution in [2.24, 2.45) is 0 Å². The first-order valence-electron chi connectivity index (χ1n) is 10.7. The van der Waals surface area contributed by atoms with Crippen LogP contribution in [0.1, 0.15) is 23.0 Å². The Morgan fingerprint density at radius 3 is 2.53 bits per heavy atom. The van der Waals surface area contributed by atoms with E-state index in [2.05, 4.69) is 24.7 Å². The van der Waals surface area contributed by atoms with E-state index in [1.165, 1.54) is 13.2 Å². The van der Waals surface area contributed by atoms with Crippen LogP contribution in [0.25, 0.3) is 22.0 Å². The summed E-state index contributed by atoms with van der Waals surface area (Å²) < 4.78 is 32.6. The van der Waals surface area contributed by atoms with Crippen LogP contribution in [0.2, 0.25) is 25.7 Å². The number of ether oxygens (including phenoxy) is 3. The van der Waals surface area contributed by atoms with Crippen LogP contribution in [0, 0.1) is 12.7 Å². The highest BCUT2D eigenvalue weighted by Crippen LogP contribution is 2.33. The molecule has 172 valence electrons. The van der Waals surface area contributed by atoms with E-state index < -0.39 is 19.9 Å². The van der Waals surface area contributed by atoms with Crippen molar-refractivity contribution in [1.29, 1.82) is 0 Å². The Bertz CT molecular complexity index is 1120. The van der Waals surface area contributed by atoms with Gasteiger partial charge < -0.3 is 14.2 Å². The molecule has 0 aliphatic heterocycles. The summed E-state index contributed by atoms with van der Waals surface area (Å²) in [5, 5.41) is 5.19. The van der Waals surface area contributed by atoms with Crippen molar-refractivity contribution >= 4 is 24.9 Å². The van der Waals surface area contributed by atoms with E-state index in [1.54, 1.807) is 29.8 Å². The summed E-state index contributed by atoms with van der Waals surface area (Å²) in [5.74, 6) is -0.430. The maximum Gasteiger partial charge on any atom is 0.357 e. The van der Waals surface area contributed by atoms with Gasteiger partial charge in [0.25, 0.3) is 0 Å². The van der Waals surface area contributed by atoms with Gasteiger partial charge in [-0.15, -0.1) is 0 Å². The minimum absolute atomic E-state index is 0.151. The molecule has 0 amide bonds. The summed E-state index contributed by atoms with van der Waals surface area (Å²) in [6, 6.07) is 9.41. The Morgan fingerprint density at radius 2 is 1.91 bits per heavy atom. The summed E-state index contributed by atoms with van der Waals surface area (Å²) in [6.45, 7) is 11.5. The van der Waals surface area contributed by atoms with Crippen molar-refractivity contribution in [2.45, 2.75) is 46.3 Å². The number of aryl methyl sites for hydroxylation is 1. The lowest BCUT2D eigenvalue weighted by atomic mass is 9.97. The normalized spacial score (nSPS) is 11.7. The van der Waals surface area contributed by atoms with E-state index in [4.69, 9.17) is 14.2 Å². The third kappa shape index (κ3) is 5.36. The molecule has 0 aliphatic carbocycles. The second kappa shape index (κ2) is 9.83. The first-order chi connectivity index (χ1) is 15.1. The van der Waals surface area contributed by atoms with E-state index in [0.717, 1.165) is 11.6 Å². The molecule has 6 nitrogen and oxygen atoms in total. The molecule has 2 aromatic carbocycles. The fourth-order valence-electron chi connectivity index (χ4n) is 3.45. The van der Waals surface area contributed by atoms with Crippen molar-refractivity contribution in [1.82, 2.24) is 9.78 Å². The predicted molar refractivity (Wildman–Crippen MR) is 126 cm³/mol. The number of fused-ring (bicyclic) bond motifs is 1. The molecule has 0 aliphatic rings. The number of methoxy groups -OCH3 is 1. The number of esters is 1. The SMILES string of the molecule is CCOC(=O)c1c2cc(-c3ccc(OC)cc3F)c(C)cc2nn1COCC[Si](C)(C)C. The third-order valence-electron chi connectivity index (χ3n) is 5.23. The highest BCUT2D eigenvalue weighted by atomic mass is 28.3. The Hall–Kier alpha value is -2.71. The fraction of sp³-hybridized carbons (Fsp3) is 0.417. The van der Waals surface area contributed by atoms with Crippen LogP contribution in [0.4, 0.5) is 4.39 Å². The number of hydrogen-bond acceptors (Lipinski definition) is 5. The molecule has 0 N–H and O–H groups in total. The first kappa shape index (κ1) is 23.9. The van der Waals surface area contributed by atoms with Crippen LogP contribution in [0.3, 0.4) is 0 Å². The summed E-state index contributed by atoms with van der Waals surface area (Å²) >= 11 is 0. The number of hydrogen-bond donors (Lipinski definition) is 0. The second-order valence-corrected chi connectivity index (χ2v) is 14.6. The van der Waals surface area contributed by atoms with E-state index in [9.17, 15) is 9.18 Å². The molecule has 0 fully saturated rings. The quantitative estimate of drug-likeness (QED) is 0.236. The predicted octanol–water partition coefficient (Wildman–Crippen LogP) is 5.65. The Morgan fingerprint density at radius 1 is 1.16 bits per heavy atom. The maximum absolute atomic E-state index is 14.8. The van der Waals surface area contributed by atoms with Crippen LogP contribution in [-0.4, -0.2) is 44.1 Å². The Labute approximate surface area is 189 Å². The zero-order chi connectivity index (χ0) is 23.5. The van der Waals surface area contributed by atoms with Gasteiger partial charge in [-0.25, -0.2) is 13.9 Å². The largest absolute Gasteiger partial charge is 0.497 e. The number of halogens is 1. The molecule has 0 saturated heterocycles. The molecular weight excluding hydrogens is 427 g/mol. The molecule has 0 spiro atoms. The average Bonchev–Trinajstić information content (AvgIpc) is 3.07. The molecule has 0 unspecified atom stereocenters. The number of rotatable bonds is 9. The average molecular weight is 459 g/mol. The van der Waals surface area contributed by atoms with Crippen LogP contribution >= 0.6 is 0 Å². The molecule has 0 bridgehead atoms. The summed E-state index contributed by atoms with van der Waals surface area (Å²) in [5.41, 5.74) is 2.91. The van der Waals surface area contributed by atoms with E-state index in [-0.39, 0.29) is 13.3 Å². The standard InChI is InChI=1S/C24H31FN2O4Si/c1-7-31-24(28)23-20-14-19(18-9-8-17(29-3)13-21(18)25)16(2)12-22(20)26-27(23)15-30-10-11-32(4,5)6/h8-9,12-14H,7,10-11,15H2,1-6H3. The van der Waals surface area contributed by atoms with Crippen LogP contribution in [0.15, 0.2) is 30.3 Å². The lowest BCUT2D eigenvalue weighted by molar-refractivity contribution is 0.0459. The molecule has 32 heavy (non-hydrogen) atoms. The van der Waals surface area contributed by atoms with Crippen molar-refractivity contribution in [3.63, 3.8) is 0 Å². The number of carbonyl (C=O) groups excluding carboxylic acids is 1. The van der Waals surface area contributed by atoms with Crippen molar-refractivity contribution in [3.8, 4) is 16.9 Å². The monoisotopic (exact) mass is 458 g/mol. The van der Waals surface area contributed by atoms with E-state index in [0.29, 0.717) is 40.1 Å². The van der Waals surface area contributed by atoms with E-state index in [1.807, 2.05) is 13.0 Å². The highest BCUT2D eigenvalue weighted by Gasteiger charge is 2.22. The van der Waals surface area contributed by atoms with Crippen LogP contribution in [0.5, 0.6) is 5.75 Å². The van der Waals surface area contributed by atoms with Crippen molar-refractivity contribution in [3.05, 3.63) is 47.4 Å². The minimum atomic E-state index is -1.23. The van der Waals surface area contributed by atoms with Gasteiger partial charge in [0.05, 0.1) is 19.2 Å². The van der Waals surface area contributed by atoms with Gasteiger partial charge >= 0.3 is 5.97 Å². The molecule has 8 heteroatoms. The summed E-state index contributed by atoms with van der Waals surface area (Å²) in [6.07, 6.45) is 0. The maximum atomic E-state index is 14.8. The molecule has 1 heterocycles. The molecule has 0 atom stereocenters. The molecule has 3 rings (SSSR count). The van der Waals surface area contributed by atoms with Crippen molar-refractivity contribution in [2.75, 3.05) is 20.3 Å². The zero-order valence-corrected chi connectivity index (χ0v) is 20.6.